The first-order chi connectivity index (χ1) is 11.2. The highest BCUT2D eigenvalue weighted by Crippen LogP contribution is 2.20. The molecule has 4 heteroatoms. The van der Waals surface area contributed by atoms with Crippen LogP contribution in [0, 0.1) is 0 Å². The zero-order valence-corrected chi connectivity index (χ0v) is 15.0. The molecule has 2 atom stereocenters. The molecule has 0 aliphatic rings. The summed E-state index contributed by atoms with van der Waals surface area (Å²) in [6, 6.07) is 20.3. The van der Waals surface area contributed by atoms with Crippen LogP contribution in [-0.4, -0.2) is 18.5 Å². The van der Waals surface area contributed by atoms with Gasteiger partial charge >= 0.3 is 0 Å². The van der Waals surface area contributed by atoms with Crippen LogP contribution in [0.15, 0.2) is 60.7 Å². The molecule has 3 N–H and O–H groups in total. The molecule has 0 aliphatic heterocycles. The topological polar surface area (TPSA) is 55.1 Å². The van der Waals surface area contributed by atoms with E-state index in [0.29, 0.717) is 6.54 Å². The quantitative estimate of drug-likeness (QED) is 0.766. The maximum absolute atomic E-state index is 12.1. The summed E-state index contributed by atoms with van der Waals surface area (Å²) in [5.74, 6) is 0.192. The average Bonchev–Trinajstić information content (AvgIpc) is 2.60. The first-order valence-corrected chi connectivity index (χ1v) is 8.33. The van der Waals surface area contributed by atoms with E-state index in [1.54, 1.807) is 0 Å². The maximum atomic E-state index is 12.1. The summed E-state index contributed by atoms with van der Waals surface area (Å²) in [7, 11) is 0. The van der Waals surface area contributed by atoms with Crippen LogP contribution in [0.2, 0.25) is 0 Å². The van der Waals surface area contributed by atoms with Crippen LogP contribution < -0.4 is 11.1 Å². The van der Waals surface area contributed by atoms with Gasteiger partial charge in [0.05, 0.1) is 6.04 Å². The third-order valence-electron chi connectivity index (χ3n) is 4.06. The number of hydrogen-bond donors (Lipinski definition) is 2. The molecule has 0 aliphatic carbocycles. The minimum Gasteiger partial charge on any atom is -0.354 e. The summed E-state index contributed by atoms with van der Waals surface area (Å²) in [5, 5.41) is 3.02. The molecule has 2 rings (SSSR count). The molecule has 0 saturated carbocycles. The summed E-state index contributed by atoms with van der Waals surface area (Å²) in [6.07, 6.45) is 2.54. The van der Waals surface area contributed by atoms with Gasteiger partial charge in [-0.1, -0.05) is 74.0 Å². The number of benzene rings is 2. The van der Waals surface area contributed by atoms with Crippen molar-refractivity contribution in [2.75, 3.05) is 6.54 Å². The molecular formula is C20H27ClN2O. The Morgan fingerprint density at radius 2 is 1.62 bits per heavy atom. The van der Waals surface area contributed by atoms with E-state index >= 15 is 0 Å². The van der Waals surface area contributed by atoms with Gasteiger partial charge in [-0.05, 0) is 24.0 Å². The van der Waals surface area contributed by atoms with Crippen LogP contribution in [0.3, 0.4) is 0 Å². The first kappa shape index (κ1) is 20.2. The zero-order chi connectivity index (χ0) is 16.5. The number of halogens is 1. The molecule has 0 heterocycles. The van der Waals surface area contributed by atoms with Gasteiger partial charge < -0.3 is 11.1 Å². The van der Waals surface area contributed by atoms with Crippen molar-refractivity contribution in [1.82, 2.24) is 5.32 Å². The van der Waals surface area contributed by atoms with Gasteiger partial charge in [0.15, 0.2) is 0 Å². The van der Waals surface area contributed by atoms with Crippen LogP contribution in [0.5, 0.6) is 0 Å². The molecule has 0 bridgehead atoms. The zero-order valence-electron chi connectivity index (χ0n) is 14.2. The Labute approximate surface area is 151 Å². The molecule has 0 spiro atoms. The monoisotopic (exact) mass is 346 g/mol. The van der Waals surface area contributed by atoms with Gasteiger partial charge in [-0.3, -0.25) is 4.79 Å². The Hall–Kier alpha value is -1.84. The summed E-state index contributed by atoms with van der Waals surface area (Å²) in [5.41, 5.74) is 8.40. The van der Waals surface area contributed by atoms with Crippen molar-refractivity contribution in [1.29, 1.82) is 0 Å². The van der Waals surface area contributed by atoms with Crippen LogP contribution in [0.25, 0.3) is 0 Å². The number of rotatable bonds is 8. The van der Waals surface area contributed by atoms with Crippen molar-refractivity contribution >= 4 is 18.3 Å². The van der Waals surface area contributed by atoms with Gasteiger partial charge in [-0.25, -0.2) is 0 Å². The predicted octanol–water partition coefficient (Wildman–Crippen LogP) is 3.68. The lowest BCUT2D eigenvalue weighted by Gasteiger charge is -2.20. The van der Waals surface area contributed by atoms with Crippen LogP contribution in [0.1, 0.15) is 36.8 Å². The molecule has 0 aromatic heterocycles. The van der Waals surface area contributed by atoms with E-state index in [1.807, 2.05) is 43.3 Å². The highest BCUT2D eigenvalue weighted by atomic mass is 35.5. The molecule has 24 heavy (non-hydrogen) atoms. The minimum atomic E-state index is -0.409. The fourth-order valence-electron chi connectivity index (χ4n) is 2.73. The van der Waals surface area contributed by atoms with Crippen molar-refractivity contribution < 1.29 is 4.79 Å². The van der Waals surface area contributed by atoms with E-state index in [2.05, 4.69) is 29.6 Å². The SMILES string of the molecule is CCCC(N)C(=O)NCC(Cc1ccccc1)c1ccccc1.Cl. The van der Waals surface area contributed by atoms with Gasteiger partial charge in [0.1, 0.15) is 0 Å². The van der Waals surface area contributed by atoms with Gasteiger partial charge in [0, 0.05) is 12.5 Å². The summed E-state index contributed by atoms with van der Waals surface area (Å²) >= 11 is 0. The Kier molecular flexibility index (Phi) is 9.13. The van der Waals surface area contributed by atoms with E-state index in [-0.39, 0.29) is 24.2 Å². The van der Waals surface area contributed by atoms with Crippen molar-refractivity contribution in [3.8, 4) is 0 Å². The van der Waals surface area contributed by atoms with E-state index in [1.165, 1.54) is 11.1 Å². The largest absolute Gasteiger partial charge is 0.354 e. The van der Waals surface area contributed by atoms with Crippen LogP contribution in [-0.2, 0) is 11.2 Å². The number of carbonyl (C=O) groups is 1. The van der Waals surface area contributed by atoms with Gasteiger partial charge in [0.2, 0.25) is 5.91 Å². The number of hydrogen-bond acceptors (Lipinski definition) is 2. The predicted molar refractivity (Wildman–Crippen MR) is 102 cm³/mol. The lowest BCUT2D eigenvalue weighted by Crippen LogP contribution is -2.42. The third kappa shape index (κ3) is 6.34. The van der Waals surface area contributed by atoms with Crippen LogP contribution >= 0.6 is 12.4 Å². The van der Waals surface area contributed by atoms with Crippen LogP contribution in [0.4, 0.5) is 0 Å². The maximum Gasteiger partial charge on any atom is 0.236 e. The number of nitrogens with two attached hydrogens (primary N) is 1. The molecule has 2 unspecified atom stereocenters. The molecule has 0 fully saturated rings. The summed E-state index contributed by atoms with van der Waals surface area (Å²) in [6.45, 7) is 2.64. The Morgan fingerprint density at radius 1 is 1.04 bits per heavy atom. The average molecular weight is 347 g/mol. The fourth-order valence-corrected chi connectivity index (χ4v) is 2.73. The number of amides is 1. The van der Waals surface area contributed by atoms with E-state index in [0.717, 1.165) is 19.3 Å². The second kappa shape index (κ2) is 10.8. The molecule has 3 nitrogen and oxygen atoms in total. The van der Waals surface area contributed by atoms with E-state index in [9.17, 15) is 4.79 Å². The molecule has 130 valence electrons. The molecule has 0 radical (unpaired) electrons. The lowest BCUT2D eigenvalue weighted by molar-refractivity contribution is -0.122. The molecule has 2 aromatic rings. The standard InChI is InChI=1S/C20H26N2O.ClH/c1-2-9-19(21)20(23)22-15-18(17-12-7-4-8-13-17)14-16-10-5-3-6-11-16;/h3-8,10-13,18-19H,2,9,14-15,21H2,1H3,(H,22,23);1H. The molecule has 2 aromatic carbocycles. The molecule has 1 amide bonds. The number of nitrogens with one attached hydrogen (secondary N) is 1. The first-order valence-electron chi connectivity index (χ1n) is 8.33. The second-order valence-electron chi connectivity index (χ2n) is 5.94. The smallest absolute Gasteiger partial charge is 0.236 e. The van der Waals surface area contributed by atoms with E-state index < -0.39 is 6.04 Å². The van der Waals surface area contributed by atoms with E-state index in [4.69, 9.17) is 5.73 Å². The van der Waals surface area contributed by atoms with Crippen molar-refractivity contribution in [2.24, 2.45) is 5.73 Å². The van der Waals surface area contributed by atoms with Crippen molar-refractivity contribution in [3.63, 3.8) is 0 Å². The summed E-state index contributed by atoms with van der Waals surface area (Å²) in [4.78, 5) is 12.1. The molecule has 0 saturated heterocycles. The lowest BCUT2D eigenvalue weighted by atomic mass is 9.92. The summed E-state index contributed by atoms with van der Waals surface area (Å²) < 4.78 is 0. The Bertz CT molecular complexity index is 589. The van der Waals surface area contributed by atoms with Gasteiger partial charge in [0.25, 0.3) is 0 Å². The fraction of sp³-hybridized carbons (Fsp3) is 0.350. The molecular weight excluding hydrogens is 320 g/mol. The second-order valence-corrected chi connectivity index (χ2v) is 5.94. The third-order valence-corrected chi connectivity index (χ3v) is 4.06. The highest BCUT2D eigenvalue weighted by molar-refractivity contribution is 5.85. The Morgan fingerprint density at radius 3 is 2.21 bits per heavy atom. The highest BCUT2D eigenvalue weighted by Gasteiger charge is 2.16. The minimum absolute atomic E-state index is 0. The normalized spacial score (nSPS) is 12.8. The van der Waals surface area contributed by atoms with Crippen molar-refractivity contribution in [3.05, 3.63) is 71.8 Å². The van der Waals surface area contributed by atoms with Crippen molar-refractivity contribution in [2.45, 2.75) is 38.1 Å². The van der Waals surface area contributed by atoms with Gasteiger partial charge in [-0.15, -0.1) is 12.4 Å². The Balaban J connectivity index is 0.00000288. The number of carbonyl (C=O) groups excluding carboxylic acids is 1. The van der Waals surface area contributed by atoms with Gasteiger partial charge in [-0.2, -0.15) is 0 Å².